The number of hydrogen-bond donors (Lipinski definition) is 2. The molecule has 11 heteroatoms. The molecule has 1 aliphatic rings. The molecule has 0 saturated carbocycles. The van der Waals surface area contributed by atoms with E-state index in [-0.39, 0.29) is 17.3 Å². The highest BCUT2D eigenvalue weighted by atomic mass is 32.2. The van der Waals surface area contributed by atoms with Crippen LogP contribution in [0.25, 0.3) is 11.1 Å². The van der Waals surface area contributed by atoms with E-state index in [9.17, 15) is 32.1 Å². The summed E-state index contributed by atoms with van der Waals surface area (Å²) in [6, 6.07) is 15.0. The van der Waals surface area contributed by atoms with Crippen LogP contribution in [-0.2, 0) is 28.8 Å². The van der Waals surface area contributed by atoms with E-state index in [1.807, 2.05) is 6.07 Å². The number of ether oxygens (including phenoxy) is 2. The number of ketones is 1. The molecule has 0 aromatic heterocycles. The summed E-state index contributed by atoms with van der Waals surface area (Å²) in [5, 5.41) is 9.34. The fourth-order valence-electron chi connectivity index (χ4n) is 4.37. The third-order valence-electron chi connectivity index (χ3n) is 6.46. The van der Waals surface area contributed by atoms with E-state index in [2.05, 4.69) is 9.46 Å². The molecule has 0 spiro atoms. The quantitative estimate of drug-likeness (QED) is 0.304. The van der Waals surface area contributed by atoms with Gasteiger partial charge in [0.05, 0.1) is 4.90 Å². The van der Waals surface area contributed by atoms with Crippen LogP contribution >= 0.6 is 0 Å². The Balaban J connectivity index is 1.50. The van der Waals surface area contributed by atoms with Crippen LogP contribution in [0.4, 0.5) is 13.2 Å². The van der Waals surface area contributed by atoms with E-state index < -0.39 is 41.0 Å². The third kappa shape index (κ3) is 7.28. The number of carboxylic acid groups (broad SMARTS) is 1. The van der Waals surface area contributed by atoms with Crippen molar-refractivity contribution in [3.63, 3.8) is 0 Å². The summed E-state index contributed by atoms with van der Waals surface area (Å²) in [5.41, 5.74) is 3.50. The second-order valence-corrected chi connectivity index (χ2v) is 11.0. The van der Waals surface area contributed by atoms with Crippen molar-refractivity contribution in [1.29, 1.82) is 0 Å². The number of carbonyl (C=O) groups is 2. The molecule has 0 radical (unpaired) electrons. The molecular formula is C29H28F3NO6S. The molecule has 0 heterocycles. The number of hydrogen-bond acceptors (Lipinski definition) is 5. The number of carbonyl (C=O) groups excluding carboxylic acids is 1. The molecule has 0 bridgehead atoms. The van der Waals surface area contributed by atoms with E-state index in [0.717, 1.165) is 35.6 Å². The highest BCUT2D eigenvalue weighted by Crippen LogP contribution is 2.33. The van der Waals surface area contributed by atoms with Gasteiger partial charge in [0.25, 0.3) is 0 Å². The summed E-state index contributed by atoms with van der Waals surface area (Å²) >= 11 is 0. The minimum atomic E-state index is -5.05. The minimum Gasteiger partial charge on any atom is -0.489 e. The number of fused-ring (bicyclic) bond motifs is 1. The van der Waals surface area contributed by atoms with Gasteiger partial charge in [-0.15, -0.1) is 13.2 Å². The molecule has 7 nitrogen and oxygen atoms in total. The Morgan fingerprint density at radius 1 is 1.02 bits per heavy atom. The molecule has 0 amide bonds. The van der Waals surface area contributed by atoms with Gasteiger partial charge in [-0.3, -0.25) is 9.59 Å². The van der Waals surface area contributed by atoms with E-state index in [1.54, 1.807) is 50.2 Å². The summed E-state index contributed by atoms with van der Waals surface area (Å²) in [5.74, 6) is -1.65. The fourth-order valence-corrected chi connectivity index (χ4v) is 5.57. The predicted octanol–water partition coefficient (Wildman–Crippen LogP) is 6.07. The number of aliphatic carboxylic acids is 1. The highest BCUT2D eigenvalue weighted by molar-refractivity contribution is 7.83. The van der Waals surface area contributed by atoms with E-state index in [1.165, 1.54) is 12.1 Å². The van der Waals surface area contributed by atoms with Crippen molar-refractivity contribution < 1.29 is 41.5 Å². The number of alkyl halides is 3. The zero-order valence-electron chi connectivity index (χ0n) is 21.8. The van der Waals surface area contributed by atoms with Gasteiger partial charge in [0, 0.05) is 12.0 Å². The summed E-state index contributed by atoms with van der Waals surface area (Å²) in [7, 11) is -2.28. The summed E-state index contributed by atoms with van der Waals surface area (Å²) in [4.78, 5) is 23.1. The van der Waals surface area contributed by atoms with Gasteiger partial charge in [0.15, 0.2) is 5.78 Å². The lowest BCUT2D eigenvalue weighted by atomic mass is 9.90. The van der Waals surface area contributed by atoms with Crippen molar-refractivity contribution in [2.45, 2.75) is 57.0 Å². The average Bonchev–Trinajstić information content (AvgIpc) is 2.89. The molecule has 3 aromatic rings. The second-order valence-electron chi connectivity index (χ2n) is 9.74. The lowest BCUT2D eigenvalue weighted by Crippen LogP contribution is -2.41. The number of halogens is 3. The van der Waals surface area contributed by atoms with Gasteiger partial charge >= 0.3 is 12.3 Å². The van der Waals surface area contributed by atoms with Crippen LogP contribution < -0.4 is 14.2 Å². The highest BCUT2D eigenvalue weighted by Gasteiger charge is 2.34. The van der Waals surface area contributed by atoms with E-state index in [4.69, 9.17) is 4.74 Å². The molecule has 4 rings (SSSR count). The normalized spacial score (nSPS) is 14.9. The van der Waals surface area contributed by atoms with Crippen molar-refractivity contribution in [1.82, 2.24) is 4.72 Å². The number of benzene rings is 3. The standard InChI is InChI=1S/C29H28F3NO6S/c1-17(2)27(28(35)36)33-40(37)26-13-10-20(15-25(26)39-29(30,31)32)19-8-6-18(7-9-19)16-38-22-11-12-23-21(14-22)4-3-5-24(23)34/h6-15,17,27,33H,3-5,16H2,1-2H3,(H,35,36). The summed E-state index contributed by atoms with van der Waals surface area (Å²) in [6.07, 6.45) is -2.84. The molecule has 0 aliphatic heterocycles. The SMILES string of the molecule is CC(C)C(NS(=O)c1ccc(-c2ccc(COc3ccc4c(c3)CCCC4=O)cc2)cc1OC(F)(F)F)C(=O)O. The Morgan fingerprint density at radius 2 is 1.73 bits per heavy atom. The molecule has 2 N–H and O–H groups in total. The average molecular weight is 576 g/mol. The van der Waals surface area contributed by atoms with Crippen LogP contribution in [0.5, 0.6) is 11.5 Å². The Morgan fingerprint density at radius 3 is 2.38 bits per heavy atom. The van der Waals surface area contributed by atoms with Gasteiger partial charge < -0.3 is 14.6 Å². The first-order valence-electron chi connectivity index (χ1n) is 12.6. The maximum absolute atomic E-state index is 13.2. The topological polar surface area (TPSA) is 102 Å². The van der Waals surface area contributed by atoms with Gasteiger partial charge in [-0.2, -0.15) is 0 Å². The van der Waals surface area contributed by atoms with Gasteiger partial charge in [0.2, 0.25) is 0 Å². The summed E-state index contributed by atoms with van der Waals surface area (Å²) < 4.78 is 64.7. The van der Waals surface area contributed by atoms with Crippen molar-refractivity contribution >= 4 is 22.7 Å². The molecule has 3 aromatic carbocycles. The van der Waals surface area contributed by atoms with Crippen LogP contribution in [0.2, 0.25) is 0 Å². The molecule has 2 unspecified atom stereocenters. The number of Topliss-reactive ketones (excluding diaryl/α,β-unsaturated/α-hetero) is 1. The molecule has 212 valence electrons. The Bertz CT molecular complexity index is 1420. The summed E-state index contributed by atoms with van der Waals surface area (Å²) in [6.45, 7) is 3.42. The van der Waals surface area contributed by atoms with Gasteiger partial charge in [-0.25, -0.2) is 8.93 Å². The van der Waals surface area contributed by atoms with Crippen LogP contribution in [-0.4, -0.2) is 33.5 Å². The van der Waals surface area contributed by atoms with Crippen LogP contribution in [0.3, 0.4) is 0 Å². The molecule has 0 fully saturated rings. The van der Waals surface area contributed by atoms with Gasteiger partial charge in [0.1, 0.15) is 35.1 Å². The molecule has 0 saturated heterocycles. The Labute approximate surface area is 231 Å². The largest absolute Gasteiger partial charge is 0.573 e. The first-order valence-corrected chi connectivity index (χ1v) is 13.7. The maximum Gasteiger partial charge on any atom is 0.573 e. The van der Waals surface area contributed by atoms with Crippen molar-refractivity contribution in [3.8, 4) is 22.6 Å². The van der Waals surface area contributed by atoms with Crippen molar-refractivity contribution in [2.75, 3.05) is 0 Å². The molecular weight excluding hydrogens is 547 g/mol. The van der Waals surface area contributed by atoms with Gasteiger partial charge in [-0.1, -0.05) is 44.2 Å². The first kappa shape index (κ1) is 29.3. The zero-order chi connectivity index (χ0) is 29.0. The number of carboxylic acids is 1. The predicted molar refractivity (Wildman–Crippen MR) is 142 cm³/mol. The van der Waals surface area contributed by atoms with E-state index >= 15 is 0 Å². The third-order valence-corrected chi connectivity index (χ3v) is 7.66. The number of aryl methyl sites for hydroxylation is 1. The maximum atomic E-state index is 13.2. The van der Waals surface area contributed by atoms with E-state index in [0.29, 0.717) is 23.3 Å². The van der Waals surface area contributed by atoms with Crippen molar-refractivity contribution in [2.24, 2.45) is 5.92 Å². The number of nitrogens with one attached hydrogen (secondary N) is 1. The van der Waals surface area contributed by atoms with Crippen molar-refractivity contribution in [3.05, 3.63) is 77.4 Å². The smallest absolute Gasteiger partial charge is 0.489 e. The van der Waals surface area contributed by atoms with Gasteiger partial charge in [-0.05, 0) is 71.3 Å². The fraction of sp³-hybridized carbons (Fsp3) is 0.310. The first-order chi connectivity index (χ1) is 18.9. The van der Waals surface area contributed by atoms with Crippen LogP contribution in [0, 0.1) is 5.92 Å². The molecule has 1 aliphatic carbocycles. The zero-order valence-corrected chi connectivity index (χ0v) is 22.6. The lowest BCUT2D eigenvalue weighted by Gasteiger charge is -2.19. The Hall–Kier alpha value is -3.70. The Kier molecular flexibility index (Phi) is 8.95. The van der Waals surface area contributed by atoms with Crippen LogP contribution in [0.1, 0.15) is 48.2 Å². The number of rotatable bonds is 10. The molecule has 2 atom stereocenters. The monoisotopic (exact) mass is 575 g/mol. The molecule has 40 heavy (non-hydrogen) atoms. The minimum absolute atomic E-state index is 0.141. The second kappa shape index (κ2) is 12.2. The van der Waals surface area contributed by atoms with Crippen LogP contribution in [0.15, 0.2) is 65.6 Å². The lowest BCUT2D eigenvalue weighted by molar-refractivity contribution is -0.275.